The Kier molecular flexibility index (Phi) is 6.47. The van der Waals surface area contributed by atoms with E-state index in [1.807, 2.05) is 50.7 Å². The molecular formula is C18H22N4OS. The van der Waals surface area contributed by atoms with Crippen molar-refractivity contribution in [2.75, 3.05) is 27.7 Å². The van der Waals surface area contributed by atoms with E-state index in [0.717, 1.165) is 22.0 Å². The van der Waals surface area contributed by atoms with Gasteiger partial charge in [-0.25, -0.2) is 4.98 Å². The molecule has 0 fully saturated rings. The van der Waals surface area contributed by atoms with Crippen LogP contribution in [0.3, 0.4) is 0 Å². The zero-order valence-corrected chi connectivity index (χ0v) is 15.2. The summed E-state index contributed by atoms with van der Waals surface area (Å²) in [7, 11) is 5.70. The van der Waals surface area contributed by atoms with E-state index >= 15 is 0 Å². The number of likely N-dealkylation sites (N-methyl/N-ethyl adjacent to an activating group) is 1. The summed E-state index contributed by atoms with van der Waals surface area (Å²) >= 11 is 1.49. The highest BCUT2D eigenvalue weighted by molar-refractivity contribution is 7.09. The first-order chi connectivity index (χ1) is 11.6. The fourth-order valence-corrected chi connectivity index (χ4v) is 3.22. The third-order valence-electron chi connectivity index (χ3n) is 3.70. The Balaban J connectivity index is 2.15. The molecule has 2 rings (SSSR count). The summed E-state index contributed by atoms with van der Waals surface area (Å²) in [5.74, 6) is 0.447. The van der Waals surface area contributed by atoms with Crippen LogP contribution >= 0.6 is 11.3 Å². The van der Waals surface area contributed by atoms with E-state index in [0.29, 0.717) is 6.54 Å². The Hall–Kier alpha value is -2.23. The lowest BCUT2D eigenvalue weighted by Crippen LogP contribution is -2.23. The van der Waals surface area contributed by atoms with Crippen molar-refractivity contribution in [3.63, 3.8) is 0 Å². The highest BCUT2D eigenvalue weighted by Crippen LogP contribution is 2.28. The molecule has 0 bridgehead atoms. The number of hydrogen-bond donors (Lipinski definition) is 0. The summed E-state index contributed by atoms with van der Waals surface area (Å²) in [5.41, 5.74) is 2.02. The lowest BCUT2D eigenvalue weighted by molar-refractivity contribution is 0.295. The zero-order valence-electron chi connectivity index (χ0n) is 14.4. The van der Waals surface area contributed by atoms with Crippen LogP contribution in [-0.4, -0.2) is 43.8 Å². The second-order valence-electron chi connectivity index (χ2n) is 5.67. The molecule has 1 aromatic carbocycles. The summed E-state index contributed by atoms with van der Waals surface area (Å²) in [6.07, 6.45) is 1.70. The van der Waals surface area contributed by atoms with E-state index in [-0.39, 0.29) is 6.04 Å². The Bertz CT molecular complexity index is 733. The zero-order chi connectivity index (χ0) is 17.5. The van der Waals surface area contributed by atoms with Gasteiger partial charge in [0, 0.05) is 22.9 Å². The maximum Gasteiger partial charge on any atom is 0.133 e. The Morgan fingerprint density at radius 2 is 2.17 bits per heavy atom. The minimum absolute atomic E-state index is 0.0785. The van der Waals surface area contributed by atoms with Crippen molar-refractivity contribution in [2.24, 2.45) is 4.99 Å². The molecule has 1 heterocycles. The Labute approximate surface area is 147 Å². The molecule has 0 saturated heterocycles. The maximum absolute atomic E-state index is 9.36. The van der Waals surface area contributed by atoms with Gasteiger partial charge in [0.2, 0.25) is 0 Å². The molecule has 0 N–H and O–H groups in total. The fraction of sp³-hybridized carbons (Fsp3) is 0.389. The second kappa shape index (κ2) is 8.57. The molecule has 0 unspecified atom stereocenters. The minimum Gasteiger partial charge on any atom is -0.496 e. The molecule has 0 aliphatic heterocycles. The molecule has 5 nitrogen and oxygen atoms in total. The number of ether oxygens (including phenoxy) is 1. The third-order valence-corrected chi connectivity index (χ3v) is 4.74. The van der Waals surface area contributed by atoms with Gasteiger partial charge in [0.1, 0.15) is 16.7 Å². The van der Waals surface area contributed by atoms with Gasteiger partial charge in [0.25, 0.3) is 0 Å². The summed E-state index contributed by atoms with van der Waals surface area (Å²) < 4.78 is 5.46. The van der Waals surface area contributed by atoms with Crippen molar-refractivity contribution in [1.29, 1.82) is 5.26 Å². The lowest BCUT2D eigenvalue weighted by atomic mass is 10.0. The summed E-state index contributed by atoms with van der Waals surface area (Å²) in [6.45, 7) is 2.48. The molecular weight excluding hydrogens is 320 g/mol. The first-order valence-corrected chi connectivity index (χ1v) is 8.55. The SMILES string of the molecule is COc1ccccc1[C@H](CN=C[C@H](C#N)c1nc(C)cs1)N(C)C. The van der Waals surface area contributed by atoms with E-state index in [4.69, 9.17) is 4.74 Å². The van der Waals surface area contributed by atoms with E-state index in [1.165, 1.54) is 11.3 Å². The molecule has 1 aromatic heterocycles. The smallest absolute Gasteiger partial charge is 0.133 e. The van der Waals surface area contributed by atoms with E-state index in [2.05, 4.69) is 20.9 Å². The van der Waals surface area contributed by atoms with Crippen LogP contribution in [-0.2, 0) is 0 Å². The Morgan fingerprint density at radius 3 is 2.75 bits per heavy atom. The topological polar surface area (TPSA) is 61.5 Å². The Morgan fingerprint density at radius 1 is 1.42 bits per heavy atom. The second-order valence-corrected chi connectivity index (χ2v) is 6.56. The number of nitrogens with zero attached hydrogens (tertiary/aromatic N) is 4. The molecule has 0 radical (unpaired) electrons. The number of benzene rings is 1. The molecule has 0 amide bonds. The van der Waals surface area contributed by atoms with Gasteiger partial charge in [-0.3, -0.25) is 4.99 Å². The van der Waals surface area contributed by atoms with Crippen molar-refractivity contribution in [2.45, 2.75) is 18.9 Å². The van der Waals surface area contributed by atoms with Gasteiger partial charge < -0.3 is 9.64 Å². The number of rotatable bonds is 7. The quantitative estimate of drug-likeness (QED) is 0.723. The number of thiazole rings is 1. The van der Waals surface area contributed by atoms with Crippen molar-refractivity contribution in [1.82, 2.24) is 9.88 Å². The largest absolute Gasteiger partial charge is 0.496 e. The number of hydrogen-bond acceptors (Lipinski definition) is 6. The van der Waals surface area contributed by atoms with Crippen molar-refractivity contribution < 1.29 is 4.74 Å². The van der Waals surface area contributed by atoms with E-state index < -0.39 is 5.92 Å². The number of methoxy groups -OCH3 is 1. The number of aliphatic imine (C=N–C) groups is 1. The molecule has 0 spiro atoms. The van der Waals surface area contributed by atoms with Gasteiger partial charge in [-0.15, -0.1) is 11.3 Å². The molecule has 24 heavy (non-hydrogen) atoms. The number of nitriles is 1. The van der Waals surface area contributed by atoms with E-state index in [9.17, 15) is 5.26 Å². The molecule has 126 valence electrons. The maximum atomic E-state index is 9.36. The number of para-hydroxylation sites is 1. The minimum atomic E-state index is -0.399. The van der Waals surface area contributed by atoms with Crippen LogP contribution in [0.25, 0.3) is 0 Å². The van der Waals surface area contributed by atoms with Crippen LogP contribution in [0.1, 0.15) is 28.2 Å². The van der Waals surface area contributed by atoms with Crippen LogP contribution in [0.15, 0.2) is 34.6 Å². The van der Waals surface area contributed by atoms with Crippen molar-refractivity contribution >= 4 is 17.6 Å². The normalized spacial score (nSPS) is 13.8. The number of aryl methyl sites for hydroxylation is 1. The first kappa shape index (κ1) is 18.1. The van der Waals surface area contributed by atoms with Crippen molar-refractivity contribution in [3.8, 4) is 11.8 Å². The van der Waals surface area contributed by atoms with Crippen LogP contribution in [0.2, 0.25) is 0 Å². The average molecular weight is 342 g/mol. The van der Waals surface area contributed by atoms with Gasteiger partial charge >= 0.3 is 0 Å². The predicted octanol–water partition coefficient (Wildman–Crippen LogP) is 3.44. The average Bonchev–Trinajstić information content (AvgIpc) is 3.01. The number of aromatic nitrogens is 1. The predicted molar refractivity (Wildman–Crippen MR) is 98.0 cm³/mol. The summed E-state index contributed by atoms with van der Waals surface area (Å²) in [6, 6.07) is 10.3. The molecule has 0 aliphatic rings. The molecule has 6 heteroatoms. The highest BCUT2D eigenvalue weighted by atomic mass is 32.1. The fourth-order valence-electron chi connectivity index (χ4n) is 2.41. The molecule has 0 saturated carbocycles. The van der Waals surface area contributed by atoms with Crippen LogP contribution in [0, 0.1) is 18.3 Å². The summed E-state index contributed by atoms with van der Waals surface area (Å²) in [5, 5.41) is 12.1. The van der Waals surface area contributed by atoms with Gasteiger partial charge in [0.05, 0.1) is 25.8 Å². The standard InChI is InChI=1S/C18H22N4OS/c1-13-12-24-18(21-13)14(9-19)10-20-11-16(22(2)3)15-7-5-6-8-17(15)23-4/h5-8,10,12,14,16H,11H2,1-4H3/t14-,16-/m0/s1. The van der Waals surface area contributed by atoms with Gasteiger partial charge in [0.15, 0.2) is 0 Å². The third kappa shape index (κ3) is 4.40. The van der Waals surface area contributed by atoms with Crippen LogP contribution in [0.4, 0.5) is 0 Å². The van der Waals surface area contributed by atoms with Crippen molar-refractivity contribution in [3.05, 3.63) is 45.9 Å². The van der Waals surface area contributed by atoms with Gasteiger partial charge in [-0.05, 0) is 27.1 Å². The molecule has 2 aromatic rings. The monoisotopic (exact) mass is 342 g/mol. The molecule has 0 aliphatic carbocycles. The first-order valence-electron chi connectivity index (χ1n) is 7.67. The summed E-state index contributed by atoms with van der Waals surface area (Å²) in [4.78, 5) is 11.0. The van der Waals surface area contributed by atoms with Gasteiger partial charge in [-0.1, -0.05) is 18.2 Å². The highest BCUT2D eigenvalue weighted by Gasteiger charge is 2.18. The lowest BCUT2D eigenvalue weighted by Gasteiger charge is -2.24. The van der Waals surface area contributed by atoms with E-state index in [1.54, 1.807) is 13.3 Å². The van der Waals surface area contributed by atoms with Gasteiger partial charge in [-0.2, -0.15) is 5.26 Å². The van der Waals surface area contributed by atoms with Crippen LogP contribution < -0.4 is 4.74 Å². The van der Waals surface area contributed by atoms with Crippen LogP contribution in [0.5, 0.6) is 5.75 Å². The molecule has 2 atom stereocenters.